The number of nitrogens with zero attached hydrogens (tertiary/aromatic N) is 2. The summed E-state index contributed by atoms with van der Waals surface area (Å²) in [5, 5.41) is 0.306. The summed E-state index contributed by atoms with van der Waals surface area (Å²) in [4.78, 5) is 17.9. The smallest absolute Gasteiger partial charge is 0.274 e. The van der Waals surface area contributed by atoms with E-state index in [1.807, 2.05) is 31.2 Å². The fourth-order valence-corrected chi connectivity index (χ4v) is 2.09. The van der Waals surface area contributed by atoms with Crippen molar-refractivity contribution in [2.45, 2.75) is 13.5 Å². The lowest BCUT2D eigenvalue weighted by Crippen LogP contribution is -2.27. The molecule has 104 valence electrons. The highest BCUT2D eigenvalue weighted by molar-refractivity contribution is 6.33. The molecule has 1 aromatic heterocycles. The summed E-state index contributed by atoms with van der Waals surface area (Å²) in [5.41, 5.74) is 8.01. The molecule has 0 saturated carbocycles. The van der Waals surface area contributed by atoms with Crippen molar-refractivity contribution in [1.29, 1.82) is 0 Å². The van der Waals surface area contributed by atoms with Gasteiger partial charge >= 0.3 is 0 Å². The Morgan fingerprint density at radius 3 is 2.70 bits per heavy atom. The third-order valence-corrected chi connectivity index (χ3v) is 3.39. The summed E-state index contributed by atoms with van der Waals surface area (Å²) in [6.07, 6.45) is 0. The summed E-state index contributed by atoms with van der Waals surface area (Å²) in [7, 11) is 1.72. The van der Waals surface area contributed by atoms with Gasteiger partial charge in [-0.1, -0.05) is 35.9 Å². The van der Waals surface area contributed by atoms with E-state index in [2.05, 4.69) is 4.98 Å². The number of anilines is 1. The number of carbonyl (C=O) groups is 1. The van der Waals surface area contributed by atoms with Gasteiger partial charge in [0.25, 0.3) is 5.91 Å². The van der Waals surface area contributed by atoms with Gasteiger partial charge in [0.15, 0.2) is 0 Å². The molecule has 0 atom stereocenters. The quantitative estimate of drug-likeness (QED) is 0.945. The third-order valence-electron chi connectivity index (χ3n) is 3.09. The van der Waals surface area contributed by atoms with Gasteiger partial charge in [0.05, 0.1) is 5.02 Å². The molecular weight excluding hydrogens is 274 g/mol. The lowest BCUT2D eigenvalue weighted by molar-refractivity contribution is 0.0779. The van der Waals surface area contributed by atoms with E-state index in [1.165, 1.54) is 0 Å². The van der Waals surface area contributed by atoms with Gasteiger partial charge < -0.3 is 10.6 Å². The molecule has 0 aliphatic carbocycles. The summed E-state index contributed by atoms with van der Waals surface area (Å²) >= 11 is 6.00. The van der Waals surface area contributed by atoms with Crippen LogP contribution >= 0.6 is 11.6 Å². The molecule has 0 aliphatic rings. The average molecular weight is 290 g/mol. The van der Waals surface area contributed by atoms with E-state index in [0.717, 1.165) is 11.1 Å². The number of hydrogen-bond donors (Lipinski definition) is 1. The van der Waals surface area contributed by atoms with Crippen LogP contribution in [0.25, 0.3) is 0 Å². The van der Waals surface area contributed by atoms with E-state index < -0.39 is 0 Å². The number of amides is 1. The van der Waals surface area contributed by atoms with Gasteiger partial charge in [-0.05, 0) is 30.2 Å². The van der Waals surface area contributed by atoms with E-state index in [9.17, 15) is 4.79 Å². The molecule has 2 N–H and O–H groups in total. The number of hydrogen-bond acceptors (Lipinski definition) is 3. The van der Waals surface area contributed by atoms with E-state index in [1.54, 1.807) is 24.1 Å². The number of aromatic nitrogens is 1. The van der Waals surface area contributed by atoms with Crippen LogP contribution < -0.4 is 5.73 Å². The maximum atomic E-state index is 12.4. The van der Waals surface area contributed by atoms with Crippen LogP contribution in [0, 0.1) is 6.92 Å². The second-order valence-electron chi connectivity index (χ2n) is 4.65. The summed E-state index contributed by atoms with van der Waals surface area (Å²) in [5.74, 6) is 0.0348. The van der Waals surface area contributed by atoms with Gasteiger partial charge in [-0.2, -0.15) is 0 Å². The van der Waals surface area contributed by atoms with Crippen molar-refractivity contribution in [3.05, 3.63) is 58.2 Å². The predicted molar refractivity (Wildman–Crippen MR) is 80.6 cm³/mol. The zero-order chi connectivity index (χ0) is 14.7. The highest BCUT2D eigenvalue weighted by Gasteiger charge is 2.17. The number of rotatable bonds is 3. The van der Waals surface area contributed by atoms with Gasteiger partial charge in [0, 0.05) is 13.6 Å². The Balaban J connectivity index is 2.21. The predicted octanol–water partition coefficient (Wildman–Crippen LogP) is 2.90. The Morgan fingerprint density at radius 2 is 2.00 bits per heavy atom. The third kappa shape index (κ3) is 3.08. The zero-order valence-electron chi connectivity index (χ0n) is 11.4. The highest BCUT2D eigenvalue weighted by Crippen LogP contribution is 2.18. The second-order valence-corrected chi connectivity index (χ2v) is 5.06. The van der Waals surface area contributed by atoms with Crippen LogP contribution in [0.1, 0.15) is 21.6 Å². The normalized spacial score (nSPS) is 10.3. The molecule has 0 bridgehead atoms. The first-order valence-electron chi connectivity index (χ1n) is 6.21. The van der Waals surface area contributed by atoms with E-state index in [4.69, 9.17) is 17.3 Å². The van der Waals surface area contributed by atoms with E-state index in [0.29, 0.717) is 11.6 Å². The van der Waals surface area contributed by atoms with Gasteiger partial charge in [-0.25, -0.2) is 4.98 Å². The van der Waals surface area contributed by atoms with Crippen molar-refractivity contribution in [2.75, 3.05) is 12.8 Å². The van der Waals surface area contributed by atoms with Crippen molar-refractivity contribution < 1.29 is 4.79 Å². The molecule has 0 radical (unpaired) electrons. The van der Waals surface area contributed by atoms with Crippen molar-refractivity contribution in [3.8, 4) is 0 Å². The highest BCUT2D eigenvalue weighted by atomic mass is 35.5. The first-order chi connectivity index (χ1) is 9.49. The number of halogens is 1. The van der Waals surface area contributed by atoms with E-state index >= 15 is 0 Å². The molecule has 20 heavy (non-hydrogen) atoms. The Labute approximate surface area is 123 Å². The fourth-order valence-electron chi connectivity index (χ4n) is 1.90. The minimum absolute atomic E-state index is 0.183. The van der Waals surface area contributed by atoms with Gasteiger partial charge in [-0.15, -0.1) is 0 Å². The van der Waals surface area contributed by atoms with Crippen LogP contribution in [-0.4, -0.2) is 22.8 Å². The number of nitrogen functional groups attached to an aromatic ring is 1. The molecule has 0 fully saturated rings. The molecule has 1 aromatic carbocycles. The van der Waals surface area contributed by atoms with Crippen molar-refractivity contribution >= 4 is 23.3 Å². The molecule has 2 rings (SSSR count). The van der Waals surface area contributed by atoms with Crippen molar-refractivity contribution in [1.82, 2.24) is 9.88 Å². The van der Waals surface area contributed by atoms with Gasteiger partial charge in [-0.3, -0.25) is 4.79 Å². The van der Waals surface area contributed by atoms with Crippen LogP contribution in [0.5, 0.6) is 0 Å². The van der Waals surface area contributed by atoms with Crippen LogP contribution in [0.4, 0.5) is 5.82 Å². The lowest BCUT2D eigenvalue weighted by Gasteiger charge is -2.18. The van der Waals surface area contributed by atoms with Gasteiger partial charge in [0.1, 0.15) is 11.5 Å². The first kappa shape index (κ1) is 14.3. The molecule has 4 nitrogen and oxygen atoms in total. The molecule has 0 spiro atoms. The van der Waals surface area contributed by atoms with Crippen LogP contribution in [0.2, 0.25) is 5.02 Å². The Hall–Kier alpha value is -2.07. The van der Waals surface area contributed by atoms with Crippen molar-refractivity contribution in [3.63, 3.8) is 0 Å². The minimum Gasteiger partial charge on any atom is -0.384 e. The molecular formula is C15H16ClN3O. The Bertz CT molecular complexity index is 643. The molecule has 0 aliphatic heterocycles. The second kappa shape index (κ2) is 5.92. The molecule has 1 heterocycles. The standard InChI is InChI=1S/C15H16ClN3O/c1-10-5-3-4-6-11(10)9-19(2)15(20)14-12(16)7-8-13(17)18-14/h3-8H,9H2,1-2H3,(H2,17,18). The maximum absolute atomic E-state index is 12.4. The molecule has 2 aromatic rings. The number of aryl methyl sites for hydroxylation is 1. The Morgan fingerprint density at radius 1 is 1.30 bits per heavy atom. The van der Waals surface area contributed by atoms with Crippen LogP contribution in [0.3, 0.4) is 0 Å². The SMILES string of the molecule is Cc1ccccc1CN(C)C(=O)c1nc(N)ccc1Cl. The van der Waals surface area contributed by atoms with Crippen LogP contribution in [0.15, 0.2) is 36.4 Å². The molecule has 1 amide bonds. The molecule has 0 saturated heterocycles. The topological polar surface area (TPSA) is 59.2 Å². The molecule has 5 heteroatoms. The average Bonchev–Trinajstić information content (AvgIpc) is 2.43. The maximum Gasteiger partial charge on any atom is 0.274 e. The lowest BCUT2D eigenvalue weighted by atomic mass is 10.1. The summed E-state index contributed by atoms with van der Waals surface area (Å²) in [6.45, 7) is 2.51. The fraction of sp³-hybridized carbons (Fsp3) is 0.200. The number of carbonyl (C=O) groups excluding carboxylic acids is 1. The van der Waals surface area contributed by atoms with E-state index in [-0.39, 0.29) is 17.4 Å². The van der Waals surface area contributed by atoms with Crippen molar-refractivity contribution in [2.24, 2.45) is 0 Å². The zero-order valence-corrected chi connectivity index (χ0v) is 12.2. The Kier molecular flexibility index (Phi) is 4.25. The monoisotopic (exact) mass is 289 g/mol. The van der Waals surface area contributed by atoms with Crippen LogP contribution in [-0.2, 0) is 6.54 Å². The first-order valence-corrected chi connectivity index (χ1v) is 6.59. The number of nitrogens with two attached hydrogens (primary N) is 1. The molecule has 0 unspecified atom stereocenters. The van der Waals surface area contributed by atoms with Gasteiger partial charge in [0.2, 0.25) is 0 Å². The number of pyridine rings is 1. The summed E-state index contributed by atoms with van der Waals surface area (Å²) in [6, 6.07) is 11.1. The minimum atomic E-state index is -0.245. The summed E-state index contributed by atoms with van der Waals surface area (Å²) < 4.78 is 0. The largest absolute Gasteiger partial charge is 0.384 e. The number of benzene rings is 1.